The van der Waals surface area contributed by atoms with Crippen LogP contribution in [0.15, 0.2) is 156 Å². The van der Waals surface area contributed by atoms with E-state index < -0.39 is 52.8 Å². The molecule has 0 bridgehead atoms. The molecule has 0 aromatic heterocycles. The van der Waals surface area contributed by atoms with Crippen molar-refractivity contribution >= 4 is 70.8 Å². The second-order valence-electron chi connectivity index (χ2n) is 10.8. The Hall–Kier alpha value is -6.40. The third kappa shape index (κ3) is 7.76. The lowest BCUT2D eigenvalue weighted by molar-refractivity contribution is 0.458. The minimum atomic E-state index is -5.30. The highest BCUT2D eigenvalue weighted by atomic mass is 32.2. The van der Waals surface area contributed by atoms with Crippen LogP contribution in [-0.2, 0) is 20.2 Å². The molecule has 0 saturated carbocycles. The van der Waals surface area contributed by atoms with Gasteiger partial charge in [0.2, 0.25) is 0 Å². The SMILES string of the molecule is Nc1c(N=Nc2ccc(-c3ccc(N=Nc4ccc(O)cc4)cc3)cc2)c(S(=O)(=O)[O-])cc2cc(S(=O)(=O)[O-])c(N=Nc3ccccc3)c(O)c12. The number of azo groups is 3. The van der Waals surface area contributed by atoms with Crippen LogP contribution < -0.4 is 5.73 Å². The summed E-state index contributed by atoms with van der Waals surface area (Å²) in [4.78, 5) is -1.99. The van der Waals surface area contributed by atoms with E-state index in [0.717, 1.165) is 23.3 Å². The Morgan fingerprint density at radius 3 is 1.37 bits per heavy atom. The van der Waals surface area contributed by atoms with Gasteiger partial charge in [0.15, 0.2) is 5.75 Å². The van der Waals surface area contributed by atoms with E-state index in [4.69, 9.17) is 5.73 Å². The zero-order valence-electron chi connectivity index (χ0n) is 25.9. The summed E-state index contributed by atoms with van der Waals surface area (Å²) in [6.45, 7) is 0. The van der Waals surface area contributed by atoms with Gasteiger partial charge >= 0.3 is 0 Å². The van der Waals surface area contributed by atoms with E-state index in [0.29, 0.717) is 11.4 Å². The maximum absolute atomic E-state index is 12.3. The summed E-state index contributed by atoms with van der Waals surface area (Å²) >= 11 is 0. The van der Waals surface area contributed by atoms with Gasteiger partial charge in [-0.3, -0.25) is 0 Å². The highest BCUT2D eigenvalue weighted by Gasteiger charge is 2.24. The largest absolute Gasteiger partial charge is 0.744 e. The van der Waals surface area contributed by atoms with E-state index >= 15 is 0 Å². The number of hydrogen-bond donors (Lipinski definition) is 3. The van der Waals surface area contributed by atoms with Crippen molar-refractivity contribution in [2.24, 2.45) is 30.7 Å². The summed E-state index contributed by atoms with van der Waals surface area (Å²) in [6, 6.07) is 29.5. The normalized spacial score (nSPS) is 12.4. The number of nitrogens with zero attached hydrogens (tertiary/aromatic N) is 6. The van der Waals surface area contributed by atoms with E-state index in [1.807, 2.05) is 12.1 Å². The van der Waals surface area contributed by atoms with Crippen molar-refractivity contribution in [3.63, 3.8) is 0 Å². The number of nitrogen functional groups attached to an aromatic ring is 1. The summed E-state index contributed by atoms with van der Waals surface area (Å²) < 4.78 is 73.3. The predicted molar refractivity (Wildman–Crippen MR) is 185 cm³/mol. The van der Waals surface area contributed by atoms with Crippen LogP contribution in [0.1, 0.15) is 0 Å². The Morgan fingerprint density at radius 1 is 0.510 bits per heavy atom. The monoisotopic (exact) mass is 721 g/mol. The zero-order valence-corrected chi connectivity index (χ0v) is 27.5. The molecule has 51 heavy (non-hydrogen) atoms. The number of phenols is 2. The Morgan fingerprint density at radius 2 is 0.902 bits per heavy atom. The first-order chi connectivity index (χ1) is 24.3. The maximum atomic E-state index is 12.3. The number of fused-ring (bicyclic) bond motifs is 1. The van der Waals surface area contributed by atoms with Crippen LogP contribution in [0.3, 0.4) is 0 Å². The van der Waals surface area contributed by atoms with Gasteiger partial charge in [-0.05, 0) is 89.3 Å². The molecule has 17 heteroatoms. The van der Waals surface area contributed by atoms with Gasteiger partial charge < -0.3 is 25.1 Å². The summed E-state index contributed by atoms with van der Waals surface area (Å²) in [7, 11) is -10.6. The van der Waals surface area contributed by atoms with Crippen LogP contribution in [-0.4, -0.2) is 36.2 Å². The molecule has 0 amide bonds. The van der Waals surface area contributed by atoms with E-state index in [1.54, 1.807) is 66.7 Å². The van der Waals surface area contributed by atoms with Gasteiger partial charge in [0.25, 0.3) is 0 Å². The molecule has 0 saturated heterocycles. The van der Waals surface area contributed by atoms with Crippen LogP contribution in [0, 0.1) is 0 Å². The summed E-state index contributed by atoms with van der Waals surface area (Å²) in [6.07, 6.45) is 0. The third-order valence-electron chi connectivity index (χ3n) is 7.34. The molecule has 0 atom stereocenters. The molecule has 0 aliphatic heterocycles. The van der Waals surface area contributed by atoms with Crippen LogP contribution >= 0.6 is 0 Å². The maximum Gasteiger partial charge on any atom is 0.154 e. The molecule has 0 fully saturated rings. The first kappa shape index (κ1) is 34.5. The van der Waals surface area contributed by atoms with Crippen LogP contribution in [0.25, 0.3) is 21.9 Å². The molecule has 6 aromatic rings. The van der Waals surface area contributed by atoms with Gasteiger partial charge in [-0.15, -0.1) is 10.2 Å². The van der Waals surface area contributed by atoms with Gasteiger partial charge in [0.05, 0.1) is 43.6 Å². The van der Waals surface area contributed by atoms with Crippen molar-refractivity contribution in [1.82, 2.24) is 0 Å². The number of phenolic OH excluding ortho intramolecular Hbond substituents is 2. The smallest absolute Gasteiger partial charge is 0.154 e. The minimum absolute atomic E-state index is 0.124. The highest BCUT2D eigenvalue weighted by Crippen LogP contribution is 2.48. The predicted octanol–water partition coefficient (Wildman–Crippen LogP) is 8.55. The summed E-state index contributed by atoms with van der Waals surface area (Å²) in [5.74, 6) is -0.790. The molecule has 0 unspecified atom stereocenters. The lowest BCUT2D eigenvalue weighted by Crippen LogP contribution is -2.04. The van der Waals surface area contributed by atoms with E-state index in [9.17, 15) is 36.2 Å². The van der Waals surface area contributed by atoms with Gasteiger partial charge in [0.1, 0.15) is 37.4 Å². The average Bonchev–Trinajstić information content (AvgIpc) is 3.10. The van der Waals surface area contributed by atoms with Gasteiger partial charge in [-0.2, -0.15) is 20.5 Å². The molecule has 6 rings (SSSR count). The lowest BCUT2D eigenvalue weighted by Gasteiger charge is -2.18. The number of hydrogen-bond acceptors (Lipinski definition) is 15. The van der Waals surface area contributed by atoms with Crippen LogP contribution in [0.2, 0.25) is 0 Å². The topological polar surface area (TPSA) is 255 Å². The van der Waals surface area contributed by atoms with E-state index in [2.05, 4.69) is 30.7 Å². The van der Waals surface area contributed by atoms with Crippen LogP contribution in [0.4, 0.5) is 39.8 Å². The fourth-order valence-electron chi connectivity index (χ4n) is 4.88. The van der Waals surface area contributed by atoms with Crippen molar-refractivity contribution in [2.45, 2.75) is 9.79 Å². The molecule has 6 aromatic carbocycles. The quantitative estimate of drug-likeness (QED) is 0.0732. The standard InChI is InChI=1S/C34H25N7O8S2/c35-31-30-22(19-29(51(47,48)49)33(34(30)43)41-38-23-4-2-1-3-5-23)18-28(50(44,45)46)32(31)40-39-25-12-8-21(9-13-25)20-6-10-24(11-7-20)36-37-26-14-16-27(42)17-15-26/h1-19,42-43H,35H2,(H,44,45,46)(H,47,48,49)/p-2. The minimum Gasteiger partial charge on any atom is -0.744 e. The average molecular weight is 722 g/mol. The van der Waals surface area contributed by atoms with Gasteiger partial charge in [-0.25, -0.2) is 16.8 Å². The zero-order chi connectivity index (χ0) is 36.3. The molecule has 0 heterocycles. The van der Waals surface area contributed by atoms with E-state index in [1.165, 1.54) is 24.3 Å². The molecule has 256 valence electrons. The number of aromatic hydroxyl groups is 2. The Bertz CT molecular complexity index is 2580. The Labute approximate surface area is 290 Å². The number of rotatable bonds is 9. The molecular formula is C34H23N7O8S2-2. The van der Waals surface area contributed by atoms with Crippen molar-refractivity contribution in [3.8, 4) is 22.6 Å². The molecule has 0 aliphatic carbocycles. The Balaban J connectivity index is 1.34. The fraction of sp³-hybridized carbons (Fsp3) is 0. The molecular weight excluding hydrogens is 699 g/mol. The second-order valence-corrected chi connectivity index (χ2v) is 13.5. The van der Waals surface area contributed by atoms with Gasteiger partial charge in [-0.1, -0.05) is 42.5 Å². The molecule has 15 nitrogen and oxygen atoms in total. The first-order valence-electron chi connectivity index (χ1n) is 14.6. The molecule has 4 N–H and O–H groups in total. The van der Waals surface area contributed by atoms with Crippen molar-refractivity contribution in [2.75, 3.05) is 5.73 Å². The fourth-order valence-corrected chi connectivity index (χ4v) is 6.18. The number of nitrogens with two attached hydrogens (primary N) is 1. The molecule has 0 aliphatic rings. The summed E-state index contributed by atoms with van der Waals surface area (Å²) in [5.41, 5.74) is 7.60. The highest BCUT2D eigenvalue weighted by molar-refractivity contribution is 7.86. The first-order valence-corrected chi connectivity index (χ1v) is 17.4. The number of benzene rings is 6. The number of anilines is 1. The second kappa shape index (κ2) is 13.8. The van der Waals surface area contributed by atoms with Gasteiger partial charge in [0, 0.05) is 0 Å². The van der Waals surface area contributed by atoms with Crippen molar-refractivity contribution < 1.29 is 36.2 Å². The van der Waals surface area contributed by atoms with Crippen molar-refractivity contribution in [3.05, 3.63) is 115 Å². The van der Waals surface area contributed by atoms with Crippen molar-refractivity contribution in [1.29, 1.82) is 0 Å². The van der Waals surface area contributed by atoms with Crippen LogP contribution in [0.5, 0.6) is 11.5 Å². The third-order valence-corrected chi connectivity index (χ3v) is 9.04. The van der Waals surface area contributed by atoms with E-state index in [-0.39, 0.29) is 27.9 Å². The Kier molecular flexibility index (Phi) is 9.35. The molecule has 0 radical (unpaired) electrons. The summed E-state index contributed by atoms with van der Waals surface area (Å²) in [5, 5.41) is 43.8. The lowest BCUT2D eigenvalue weighted by atomic mass is 10.0. The molecule has 0 spiro atoms.